The van der Waals surface area contributed by atoms with Gasteiger partial charge < -0.3 is 14.8 Å². The van der Waals surface area contributed by atoms with E-state index in [1.54, 1.807) is 0 Å². The summed E-state index contributed by atoms with van der Waals surface area (Å²) in [5, 5.41) is 3.31. The molecule has 1 fully saturated rings. The van der Waals surface area contributed by atoms with E-state index in [0.717, 1.165) is 57.8 Å². The summed E-state index contributed by atoms with van der Waals surface area (Å²) in [6.45, 7) is 6.52. The number of aryl methyl sites for hydroxylation is 1. The van der Waals surface area contributed by atoms with Crippen LogP contribution in [0.15, 0.2) is 12.4 Å². The first-order valence-electron chi connectivity index (χ1n) is 7.29. The van der Waals surface area contributed by atoms with E-state index in [1.165, 1.54) is 0 Å². The standard InChI is InChI=1S/C14H24N4O/c1-2-8-17-11-7-16-13(17)12-15-6-5-14(19)18-9-3-4-10-18/h7,11,15H,2-6,8-10,12H2,1H3. The van der Waals surface area contributed by atoms with Gasteiger partial charge in [-0.3, -0.25) is 4.79 Å². The van der Waals surface area contributed by atoms with Crippen molar-refractivity contribution in [2.45, 2.75) is 45.7 Å². The molecule has 1 amide bonds. The number of hydrogen-bond donors (Lipinski definition) is 1. The van der Waals surface area contributed by atoms with Crippen LogP contribution in [0, 0.1) is 0 Å². The molecule has 0 aliphatic carbocycles. The number of hydrogen-bond acceptors (Lipinski definition) is 3. The summed E-state index contributed by atoms with van der Waals surface area (Å²) < 4.78 is 2.16. The van der Waals surface area contributed by atoms with Gasteiger partial charge in [-0.05, 0) is 19.3 Å². The second kappa shape index (κ2) is 7.28. The molecule has 19 heavy (non-hydrogen) atoms. The maximum absolute atomic E-state index is 11.8. The van der Waals surface area contributed by atoms with E-state index in [0.29, 0.717) is 6.42 Å². The number of amides is 1. The van der Waals surface area contributed by atoms with E-state index < -0.39 is 0 Å². The predicted molar refractivity (Wildman–Crippen MR) is 74.7 cm³/mol. The van der Waals surface area contributed by atoms with Crippen molar-refractivity contribution in [1.29, 1.82) is 0 Å². The highest BCUT2D eigenvalue weighted by molar-refractivity contribution is 5.76. The molecule has 0 radical (unpaired) electrons. The quantitative estimate of drug-likeness (QED) is 0.757. The average Bonchev–Trinajstić information content (AvgIpc) is 3.06. The van der Waals surface area contributed by atoms with Crippen LogP contribution in [0.25, 0.3) is 0 Å². The minimum Gasteiger partial charge on any atom is -0.343 e. The van der Waals surface area contributed by atoms with Crippen molar-refractivity contribution in [1.82, 2.24) is 19.8 Å². The van der Waals surface area contributed by atoms with E-state index in [-0.39, 0.29) is 5.91 Å². The van der Waals surface area contributed by atoms with Gasteiger partial charge >= 0.3 is 0 Å². The summed E-state index contributed by atoms with van der Waals surface area (Å²) in [4.78, 5) is 18.1. The molecule has 5 nitrogen and oxygen atoms in total. The summed E-state index contributed by atoms with van der Waals surface area (Å²) in [5.41, 5.74) is 0. The van der Waals surface area contributed by atoms with Crippen molar-refractivity contribution in [3.8, 4) is 0 Å². The zero-order valence-electron chi connectivity index (χ0n) is 11.8. The highest BCUT2D eigenvalue weighted by atomic mass is 16.2. The van der Waals surface area contributed by atoms with E-state index in [9.17, 15) is 4.79 Å². The average molecular weight is 264 g/mol. The second-order valence-electron chi connectivity index (χ2n) is 5.05. The highest BCUT2D eigenvalue weighted by Crippen LogP contribution is 2.08. The van der Waals surface area contributed by atoms with E-state index in [4.69, 9.17) is 0 Å². The predicted octanol–water partition coefficient (Wildman–Crippen LogP) is 1.40. The highest BCUT2D eigenvalue weighted by Gasteiger charge is 2.16. The number of carbonyl (C=O) groups is 1. The van der Waals surface area contributed by atoms with E-state index in [1.807, 2.05) is 17.3 Å². The topological polar surface area (TPSA) is 50.2 Å². The number of rotatable bonds is 7. The number of nitrogens with one attached hydrogen (secondary N) is 1. The fourth-order valence-corrected chi connectivity index (χ4v) is 2.47. The van der Waals surface area contributed by atoms with Crippen LogP contribution in [0.5, 0.6) is 0 Å². The lowest BCUT2D eigenvalue weighted by molar-refractivity contribution is -0.130. The molecule has 0 unspecified atom stereocenters. The molecule has 1 N–H and O–H groups in total. The third kappa shape index (κ3) is 4.06. The summed E-state index contributed by atoms with van der Waals surface area (Å²) in [7, 11) is 0. The van der Waals surface area contributed by atoms with Crippen molar-refractivity contribution < 1.29 is 4.79 Å². The lowest BCUT2D eigenvalue weighted by Crippen LogP contribution is -2.30. The Bertz CT molecular complexity index is 396. The molecular weight excluding hydrogens is 240 g/mol. The van der Waals surface area contributed by atoms with Gasteiger partial charge in [-0.25, -0.2) is 4.98 Å². The molecule has 0 bridgehead atoms. The first kappa shape index (κ1) is 14.1. The van der Waals surface area contributed by atoms with E-state index in [2.05, 4.69) is 21.8 Å². The zero-order chi connectivity index (χ0) is 13.5. The maximum Gasteiger partial charge on any atom is 0.223 e. The molecule has 2 heterocycles. The van der Waals surface area contributed by atoms with Crippen molar-refractivity contribution in [2.75, 3.05) is 19.6 Å². The van der Waals surface area contributed by atoms with Crippen molar-refractivity contribution in [3.63, 3.8) is 0 Å². The molecule has 0 saturated carbocycles. The number of carbonyl (C=O) groups excluding carboxylic acids is 1. The van der Waals surface area contributed by atoms with E-state index >= 15 is 0 Å². The first-order chi connectivity index (χ1) is 9.31. The Balaban J connectivity index is 1.65. The minimum atomic E-state index is 0.280. The Kier molecular flexibility index (Phi) is 5.39. The van der Waals surface area contributed by atoms with Gasteiger partial charge in [0.2, 0.25) is 5.91 Å². The molecule has 1 aliphatic rings. The molecule has 5 heteroatoms. The van der Waals surface area contributed by atoms with Crippen LogP contribution in [-0.4, -0.2) is 40.0 Å². The summed E-state index contributed by atoms with van der Waals surface area (Å²) in [5.74, 6) is 1.33. The molecule has 1 aromatic rings. The number of likely N-dealkylation sites (tertiary alicyclic amines) is 1. The summed E-state index contributed by atoms with van der Waals surface area (Å²) in [6, 6.07) is 0. The molecule has 0 aromatic carbocycles. The van der Waals surface area contributed by atoms with Gasteiger partial charge in [0.15, 0.2) is 0 Å². The zero-order valence-corrected chi connectivity index (χ0v) is 11.8. The van der Waals surface area contributed by atoms with Gasteiger partial charge in [0.1, 0.15) is 5.82 Å². The van der Waals surface area contributed by atoms with Crippen LogP contribution in [0.2, 0.25) is 0 Å². The minimum absolute atomic E-state index is 0.280. The largest absolute Gasteiger partial charge is 0.343 e. The molecule has 1 aromatic heterocycles. The second-order valence-corrected chi connectivity index (χ2v) is 5.05. The van der Waals surface area contributed by atoms with Crippen LogP contribution >= 0.6 is 0 Å². The SMILES string of the molecule is CCCn1ccnc1CNCCC(=O)N1CCCC1. The molecule has 1 aliphatic heterocycles. The van der Waals surface area contributed by atoms with Crippen LogP contribution in [0.3, 0.4) is 0 Å². The summed E-state index contributed by atoms with van der Waals surface area (Å²) >= 11 is 0. The molecule has 1 saturated heterocycles. The van der Waals surface area contributed by atoms with Gasteiger partial charge in [-0.1, -0.05) is 6.92 Å². The van der Waals surface area contributed by atoms with Gasteiger partial charge in [0.05, 0.1) is 6.54 Å². The van der Waals surface area contributed by atoms with Gasteiger partial charge in [0, 0.05) is 45.0 Å². The fourth-order valence-electron chi connectivity index (χ4n) is 2.47. The van der Waals surface area contributed by atoms with Gasteiger partial charge in [0.25, 0.3) is 0 Å². The number of nitrogens with zero attached hydrogens (tertiary/aromatic N) is 3. The smallest absolute Gasteiger partial charge is 0.223 e. The van der Waals surface area contributed by atoms with Crippen LogP contribution < -0.4 is 5.32 Å². The van der Waals surface area contributed by atoms with Crippen molar-refractivity contribution in [3.05, 3.63) is 18.2 Å². The Labute approximate surface area is 115 Å². The van der Waals surface area contributed by atoms with Gasteiger partial charge in [-0.2, -0.15) is 0 Å². The van der Waals surface area contributed by atoms with Crippen molar-refractivity contribution >= 4 is 5.91 Å². The molecule has 2 rings (SSSR count). The fraction of sp³-hybridized carbons (Fsp3) is 0.714. The first-order valence-corrected chi connectivity index (χ1v) is 7.29. The lowest BCUT2D eigenvalue weighted by atomic mass is 10.3. The molecular formula is C14H24N4O. The van der Waals surface area contributed by atoms with Gasteiger partial charge in [-0.15, -0.1) is 0 Å². The molecule has 106 valence electrons. The Hall–Kier alpha value is -1.36. The van der Waals surface area contributed by atoms with Crippen molar-refractivity contribution in [2.24, 2.45) is 0 Å². The third-order valence-corrected chi connectivity index (χ3v) is 3.52. The summed E-state index contributed by atoms with van der Waals surface area (Å²) in [6.07, 6.45) is 7.87. The van der Waals surface area contributed by atoms with Crippen LogP contribution in [0.1, 0.15) is 38.4 Å². The Morgan fingerprint density at radius 1 is 1.42 bits per heavy atom. The Morgan fingerprint density at radius 3 is 2.95 bits per heavy atom. The van der Waals surface area contributed by atoms with Crippen LogP contribution in [-0.2, 0) is 17.9 Å². The normalized spacial score (nSPS) is 15.1. The maximum atomic E-state index is 11.8. The Morgan fingerprint density at radius 2 is 2.21 bits per heavy atom. The van der Waals surface area contributed by atoms with Crippen LogP contribution in [0.4, 0.5) is 0 Å². The number of imidazole rings is 1. The molecule has 0 spiro atoms. The monoisotopic (exact) mass is 264 g/mol. The molecule has 0 atom stereocenters. The third-order valence-electron chi connectivity index (χ3n) is 3.52. The number of aromatic nitrogens is 2. The lowest BCUT2D eigenvalue weighted by Gasteiger charge is -2.15.